The van der Waals surface area contributed by atoms with Crippen LogP contribution in [0, 0.1) is 0 Å². The first kappa shape index (κ1) is 13.0. The summed E-state index contributed by atoms with van der Waals surface area (Å²) in [6, 6.07) is 3.31. The molecule has 0 aromatic carbocycles. The minimum absolute atomic E-state index is 0.169. The summed E-state index contributed by atoms with van der Waals surface area (Å²) < 4.78 is 0. The number of hydrogen-bond donors (Lipinski definition) is 3. The van der Waals surface area contributed by atoms with Gasteiger partial charge in [-0.25, -0.2) is 4.98 Å². The Kier molecular flexibility index (Phi) is 4.45. The van der Waals surface area contributed by atoms with Crippen LogP contribution in [0.5, 0.6) is 0 Å². The Balaban J connectivity index is 2.88. The largest absolute Gasteiger partial charge is 0.373 e. The van der Waals surface area contributed by atoms with Gasteiger partial charge in [-0.2, -0.15) is 0 Å². The zero-order valence-corrected chi connectivity index (χ0v) is 9.91. The van der Waals surface area contributed by atoms with Crippen LogP contribution in [-0.4, -0.2) is 30.4 Å². The monoisotopic (exact) mass is 236 g/mol. The van der Waals surface area contributed by atoms with Crippen molar-refractivity contribution < 1.29 is 9.59 Å². The summed E-state index contributed by atoms with van der Waals surface area (Å²) in [4.78, 5) is 26.5. The number of primary amides is 1. The van der Waals surface area contributed by atoms with E-state index in [2.05, 4.69) is 15.6 Å². The van der Waals surface area contributed by atoms with Gasteiger partial charge in [0, 0.05) is 18.3 Å². The van der Waals surface area contributed by atoms with Gasteiger partial charge < -0.3 is 16.4 Å². The van der Waals surface area contributed by atoms with E-state index < -0.39 is 5.91 Å². The van der Waals surface area contributed by atoms with Crippen LogP contribution in [0.1, 0.15) is 23.0 Å². The van der Waals surface area contributed by atoms with Gasteiger partial charge in [-0.3, -0.25) is 9.59 Å². The van der Waals surface area contributed by atoms with Crippen molar-refractivity contribution in [1.82, 2.24) is 10.3 Å². The Morgan fingerprint density at radius 3 is 2.65 bits per heavy atom. The van der Waals surface area contributed by atoms with Crippen molar-refractivity contribution in [2.45, 2.75) is 13.3 Å². The number of nitrogens with two attached hydrogens (primary N) is 1. The van der Waals surface area contributed by atoms with E-state index in [9.17, 15) is 9.59 Å². The summed E-state index contributed by atoms with van der Waals surface area (Å²) in [6.07, 6.45) is 0.728. The predicted octanol–water partition coefficient (Wildman–Crippen LogP) is -0.0992. The minimum Gasteiger partial charge on any atom is -0.373 e. The molecule has 1 rings (SSSR count). The van der Waals surface area contributed by atoms with Crippen molar-refractivity contribution in [2.75, 3.05) is 18.9 Å². The second-order valence-electron chi connectivity index (χ2n) is 3.48. The molecule has 0 fully saturated rings. The zero-order chi connectivity index (χ0) is 12.8. The normalized spacial score (nSPS) is 9.76. The van der Waals surface area contributed by atoms with Crippen LogP contribution in [0.4, 0.5) is 5.82 Å². The third kappa shape index (κ3) is 3.75. The van der Waals surface area contributed by atoms with Gasteiger partial charge >= 0.3 is 0 Å². The second kappa shape index (κ2) is 5.83. The number of carbonyl (C=O) groups excluding carboxylic acids is 2. The number of rotatable bonds is 5. The number of anilines is 1. The summed E-state index contributed by atoms with van der Waals surface area (Å²) in [5.74, 6) is -0.289. The van der Waals surface area contributed by atoms with Crippen LogP contribution in [0.25, 0.3) is 0 Å². The van der Waals surface area contributed by atoms with Gasteiger partial charge in [-0.15, -0.1) is 0 Å². The lowest BCUT2D eigenvalue weighted by Crippen LogP contribution is -2.33. The quantitative estimate of drug-likeness (QED) is 0.665. The van der Waals surface area contributed by atoms with Gasteiger partial charge in [0.1, 0.15) is 5.82 Å². The molecular formula is C11H16N4O2. The maximum atomic E-state index is 11.7. The molecule has 0 atom stereocenters. The fourth-order valence-electron chi connectivity index (χ4n) is 1.30. The Morgan fingerprint density at radius 1 is 1.41 bits per heavy atom. The molecule has 4 N–H and O–H groups in total. The predicted molar refractivity (Wildman–Crippen MR) is 64.7 cm³/mol. The van der Waals surface area contributed by atoms with Crippen LogP contribution in [0.15, 0.2) is 12.1 Å². The molecule has 0 saturated heterocycles. The molecule has 17 heavy (non-hydrogen) atoms. The van der Waals surface area contributed by atoms with Crippen LogP contribution in [0.2, 0.25) is 0 Å². The van der Waals surface area contributed by atoms with E-state index in [1.54, 1.807) is 19.2 Å². The van der Waals surface area contributed by atoms with E-state index >= 15 is 0 Å². The zero-order valence-electron chi connectivity index (χ0n) is 9.91. The van der Waals surface area contributed by atoms with Gasteiger partial charge in [-0.05, 0) is 18.6 Å². The molecule has 0 aliphatic heterocycles. The molecule has 92 valence electrons. The third-order valence-corrected chi connectivity index (χ3v) is 2.18. The Hall–Kier alpha value is -2.11. The molecular weight excluding hydrogens is 220 g/mol. The number of carbonyl (C=O) groups is 2. The van der Waals surface area contributed by atoms with Crippen molar-refractivity contribution in [2.24, 2.45) is 5.73 Å². The molecule has 6 heteroatoms. The van der Waals surface area contributed by atoms with Crippen molar-refractivity contribution in [3.8, 4) is 0 Å². The van der Waals surface area contributed by atoms with E-state index in [0.29, 0.717) is 11.4 Å². The molecule has 0 radical (unpaired) electrons. The lowest BCUT2D eigenvalue weighted by molar-refractivity contribution is -0.117. The second-order valence-corrected chi connectivity index (χ2v) is 3.48. The molecule has 1 aromatic heterocycles. The van der Waals surface area contributed by atoms with E-state index in [1.807, 2.05) is 6.92 Å². The van der Waals surface area contributed by atoms with E-state index in [-0.39, 0.29) is 12.5 Å². The molecule has 0 aliphatic carbocycles. The van der Waals surface area contributed by atoms with Gasteiger partial charge in [0.2, 0.25) is 5.91 Å². The van der Waals surface area contributed by atoms with Gasteiger partial charge in [0.15, 0.2) is 0 Å². The van der Waals surface area contributed by atoms with Crippen LogP contribution in [0.3, 0.4) is 0 Å². The average Bonchev–Trinajstić information content (AvgIpc) is 2.34. The van der Waals surface area contributed by atoms with E-state index in [4.69, 9.17) is 5.73 Å². The number of aryl methyl sites for hydroxylation is 1. The maximum Gasteiger partial charge on any atom is 0.251 e. The third-order valence-electron chi connectivity index (χ3n) is 2.18. The van der Waals surface area contributed by atoms with Crippen molar-refractivity contribution in [1.29, 1.82) is 0 Å². The number of hydrogen-bond acceptors (Lipinski definition) is 4. The highest BCUT2D eigenvalue weighted by atomic mass is 16.2. The Bertz CT molecular complexity index is 409. The Morgan fingerprint density at radius 2 is 2.12 bits per heavy atom. The molecule has 1 aromatic rings. The van der Waals surface area contributed by atoms with Crippen molar-refractivity contribution in [3.63, 3.8) is 0 Å². The van der Waals surface area contributed by atoms with E-state index in [1.165, 1.54) is 0 Å². The van der Waals surface area contributed by atoms with Crippen LogP contribution in [-0.2, 0) is 11.2 Å². The standard InChI is InChI=1S/C11H16N4O2/c1-3-8-4-7(5-10(13-2)15-8)11(17)14-6-9(12)16/h4-5H,3,6H2,1-2H3,(H2,12,16)(H,13,15)(H,14,17). The fourth-order valence-corrected chi connectivity index (χ4v) is 1.30. The summed E-state index contributed by atoms with van der Waals surface area (Å²) in [5, 5.41) is 5.31. The smallest absolute Gasteiger partial charge is 0.251 e. The molecule has 6 nitrogen and oxygen atoms in total. The van der Waals surface area contributed by atoms with Gasteiger partial charge in [0.25, 0.3) is 5.91 Å². The molecule has 0 saturated carbocycles. The highest BCUT2D eigenvalue weighted by molar-refractivity contribution is 5.96. The summed E-state index contributed by atoms with van der Waals surface area (Å²) >= 11 is 0. The fraction of sp³-hybridized carbons (Fsp3) is 0.364. The maximum absolute atomic E-state index is 11.7. The lowest BCUT2D eigenvalue weighted by atomic mass is 10.2. The SMILES string of the molecule is CCc1cc(C(=O)NCC(N)=O)cc(NC)n1. The molecule has 1 heterocycles. The summed E-state index contributed by atoms with van der Waals surface area (Å²) in [7, 11) is 1.73. The first-order valence-corrected chi connectivity index (χ1v) is 5.32. The van der Waals surface area contributed by atoms with Crippen LogP contribution >= 0.6 is 0 Å². The first-order valence-electron chi connectivity index (χ1n) is 5.32. The number of nitrogens with one attached hydrogen (secondary N) is 2. The summed E-state index contributed by atoms with van der Waals surface area (Å²) in [6.45, 7) is 1.78. The van der Waals surface area contributed by atoms with Gasteiger partial charge in [-0.1, -0.05) is 6.92 Å². The van der Waals surface area contributed by atoms with E-state index in [0.717, 1.165) is 12.1 Å². The first-order chi connectivity index (χ1) is 8.06. The van der Waals surface area contributed by atoms with Gasteiger partial charge in [0.05, 0.1) is 6.54 Å². The van der Waals surface area contributed by atoms with Crippen molar-refractivity contribution in [3.05, 3.63) is 23.4 Å². The number of aromatic nitrogens is 1. The Labute approximate surface area is 99.6 Å². The average molecular weight is 236 g/mol. The number of amides is 2. The lowest BCUT2D eigenvalue weighted by Gasteiger charge is -2.07. The molecule has 0 bridgehead atoms. The molecule has 0 aliphatic rings. The van der Waals surface area contributed by atoms with Crippen LogP contribution < -0.4 is 16.4 Å². The minimum atomic E-state index is -0.572. The number of pyridine rings is 1. The van der Waals surface area contributed by atoms with Crippen molar-refractivity contribution >= 4 is 17.6 Å². The molecule has 2 amide bonds. The highest BCUT2D eigenvalue weighted by Gasteiger charge is 2.09. The summed E-state index contributed by atoms with van der Waals surface area (Å²) in [5.41, 5.74) is 6.22. The molecule has 0 spiro atoms. The number of nitrogens with zero attached hydrogens (tertiary/aromatic N) is 1. The molecule has 0 unspecified atom stereocenters. The highest BCUT2D eigenvalue weighted by Crippen LogP contribution is 2.10. The topological polar surface area (TPSA) is 97.1 Å².